The van der Waals surface area contributed by atoms with Crippen LogP contribution in [-0.2, 0) is 10.2 Å². The van der Waals surface area contributed by atoms with Crippen molar-refractivity contribution in [1.29, 1.82) is 0 Å². The average molecular weight is 533 g/mol. The summed E-state index contributed by atoms with van der Waals surface area (Å²) in [5, 5.41) is 6.95. The molecule has 0 unspecified atom stereocenters. The quantitative estimate of drug-likeness (QED) is 0.220. The number of hydrogen-bond acceptors (Lipinski definition) is 4. The summed E-state index contributed by atoms with van der Waals surface area (Å²) in [4.78, 5) is 7.18. The van der Waals surface area contributed by atoms with E-state index in [1.54, 1.807) is 7.11 Å². The molecule has 2 rings (SSSR count). The first-order valence-corrected chi connectivity index (χ1v) is 10.9. The van der Waals surface area contributed by atoms with Gasteiger partial charge in [-0.15, -0.1) is 24.0 Å². The Bertz CT molecular complexity index is 626. The number of benzene rings is 1. The number of aliphatic imine (C=N–C) groups is 1. The van der Waals surface area contributed by atoms with Crippen LogP contribution in [0.1, 0.15) is 46.1 Å². The third-order valence-corrected chi connectivity index (χ3v) is 5.20. The van der Waals surface area contributed by atoms with Crippen LogP contribution in [0.4, 0.5) is 0 Å². The van der Waals surface area contributed by atoms with E-state index >= 15 is 0 Å². The standard InChI is InChI=1S/C23H40N4O2.HI/c1-6-24-22(26-19-11-14-27(15-12-19)16-18-28-5)25-13-17-29-21-10-8-7-9-20(21)23(2,3)4;/h7-10,19H,6,11-18H2,1-5H3,(H2,24,25,26);1H. The molecule has 1 aromatic carbocycles. The second-order valence-corrected chi connectivity index (χ2v) is 8.61. The molecule has 0 amide bonds. The number of nitrogens with one attached hydrogen (secondary N) is 2. The van der Waals surface area contributed by atoms with Crippen molar-refractivity contribution in [2.24, 2.45) is 4.99 Å². The lowest BCUT2D eigenvalue weighted by atomic mass is 9.86. The maximum Gasteiger partial charge on any atom is 0.191 e. The maximum absolute atomic E-state index is 6.05. The Morgan fingerprint density at radius 2 is 1.87 bits per heavy atom. The Morgan fingerprint density at radius 3 is 2.50 bits per heavy atom. The molecule has 1 saturated heterocycles. The van der Waals surface area contributed by atoms with Crippen molar-refractivity contribution in [1.82, 2.24) is 15.5 Å². The molecule has 0 bridgehead atoms. The first kappa shape index (κ1) is 27.0. The minimum Gasteiger partial charge on any atom is -0.491 e. The molecule has 0 atom stereocenters. The molecule has 7 heteroatoms. The van der Waals surface area contributed by atoms with Crippen molar-refractivity contribution >= 4 is 29.9 Å². The number of methoxy groups -OCH3 is 1. The Balaban J connectivity index is 0.00000450. The van der Waals surface area contributed by atoms with Gasteiger partial charge in [0.1, 0.15) is 12.4 Å². The van der Waals surface area contributed by atoms with Crippen molar-refractivity contribution in [2.75, 3.05) is 53.0 Å². The molecule has 172 valence electrons. The highest BCUT2D eigenvalue weighted by Crippen LogP contribution is 2.30. The SMILES string of the molecule is CCNC(=NCCOc1ccccc1C(C)(C)C)NC1CCN(CCOC)CC1.I. The van der Waals surface area contributed by atoms with Gasteiger partial charge in [0.2, 0.25) is 0 Å². The van der Waals surface area contributed by atoms with Gasteiger partial charge >= 0.3 is 0 Å². The molecule has 1 aromatic rings. The zero-order valence-corrected chi connectivity index (χ0v) is 21.7. The number of ether oxygens (including phenoxy) is 2. The third kappa shape index (κ3) is 9.39. The summed E-state index contributed by atoms with van der Waals surface area (Å²) >= 11 is 0. The van der Waals surface area contributed by atoms with E-state index in [9.17, 15) is 0 Å². The maximum atomic E-state index is 6.05. The summed E-state index contributed by atoms with van der Waals surface area (Å²) in [5.41, 5.74) is 1.29. The lowest BCUT2D eigenvalue weighted by molar-refractivity contribution is 0.128. The molecule has 1 heterocycles. The van der Waals surface area contributed by atoms with E-state index in [0.29, 0.717) is 19.2 Å². The Labute approximate surface area is 200 Å². The van der Waals surface area contributed by atoms with Gasteiger partial charge in [0.15, 0.2) is 5.96 Å². The minimum atomic E-state index is 0. The lowest BCUT2D eigenvalue weighted by Crippen LogP contribution is -2.49. The van der Waals surface area contributed by atoms with E-state index in [1.807, 2.05) is 12.1 Å². The summed E-state index contributed by atoms with van der Waals surface area (Å²) < 4.78 is 11.2. The summed E-state index contributed by atoms with van der Waals surface area (Å²) in [7, 11) is 1.76. The fraction of sp³-hybridized carbons (Fsp3) is 0.696. The molecule has 0 radical (unpaired) electrons. The van der Waals surface area contributed by atoms with Crippen LogP contribution < -0.4 is 15.4 Å². The van der Waals surface area contributed by atoms with E-state index in [4.69, 9.17) is 14.5 Å². The zero-order valence-electron chi connectivity index (χ0n) is 19.4. The van der Waals surface area contributed by atoms with Crippen LogP contribution in [0.2, 0.25) is 0 Å². The highest BCUT2D eigenvalue weighted by molar-refractivity contribution is 14.0. The Kier molecular flexibility index (Phi) is 12.7. The van der Waals surface area contributed by atoms with Gasteiger partial charge in [-0.05, 0) is 36.8 Å². The van der Waals surface area contributed by atoms with Crippen LogP contribution in [-0.4, -0.2) is 69.9 Å². The predicted molar refractivity (Wildman–Crippen MR) is 137 cm³/mol. The molecule has 30 heavy (non-hydrogen) atoms. The van der Waals surface area contributed by atoms with Gasteiger partial charge in [-0.3, -0.25) is 0 Å². The van der Waals surface area contributed by atoms with Crippen LogP contribution in [0, 0.1) is 0 Å². The van der Waals surface area contributed by atoms with E-state index in [1.165, 1.54) is 5.56 Å². The number of para-hydroxylation sites is 1. The summed E-state index contributed by atoms with van der Waals surface area (Å²) in [6.45, 7) is 14.8. The Hall–Kier alpha value is -1.06. The number of halogens is 1. The van der Waals surface area contributed by atoms with Gasteiger partial charge in [0.25, 0.3) is 0 Å². The van der Waals surface area contributed by atoms with E-state index in [2.05, 4.69) is 55.4 Å². The average Bonchev–Trinajstić information content (AvgIpc) is 2.70. The number of nitrogens with zero attached hydrogens (tertiary/aromatic N) is 2. The van der Waals surface area contributed by atoms with Gasteiger partial charge in [-0.25, -0.2) is 4.99 Å². The van der Waals surface area contributed by atoms with E-state index in [-0.39, 0.29) is 29.4 Å². The summed E-state index contributed by atoms with van der Waals surface area (Å²) in [6.07, 6.45) is 2.26. The zero-order chi connectivity index (χ0) is 21.1. The molecular formula is C23H41IN4O2. The van der Waals surface area contributed by atoms with Gasteiger partial charge in [0.05, 0.1) is 13.2 Å². The van der Waals surface area contributed by atoms with Crippen molar-refractivity contribution < 1.29 is 9.47 Å². The van der Waals surface area contributed by atoms with Gasteiger partial charge in [-0.1, -0.05) is 39.0 Å². The molecule has 0 saturated carbocycles. The predicted octanol–water partition coefficient (Wildman–Crippen LogP) is 3.65. The second-order valence-electron chi connectivity index (χ2n) is 8.61. The molecule has 1 fully saturated rings. The number of likely N-dealkylation sites (tertiary alicyclic amines) is 1. The van der Waals surface area contributed by atoms with Crippen LogP contribution in [0.15, 0.2) is 29.3 Å². The third-order valence-electron chi connectivity index (χ3n) is 5.20. The number of rotatable bonds is 9. The van der Waals surface area contributed by atoms with Gasteiger partial charge in [-0.2, -0.15) is 0 Å². The summed E-state index contributed by atoms with van der Waals surface area (Å²) in [5.74, 6) is 1.84. The van der Waals surface area contributed by atoms with Crippen molar-refractivity contribution in [3.05, 3.63) is 29.8 Å². The van der Waals surface area contributed by atoms with Crippen LogP contribution in [0.3, 0.4) is 0 Å². The fourth-order valence-electron chi connectivity index (χ4n) is 3.56. The van der Waals surface area contributed by atoms with Crippen molar-refractivity contribution in [3.63, 3.8) is 0 Å². The van der Waals surface area contributed by atoms with Gasteiger partial charge < -0.3 is 25.0 Å². The molecular weight excluding hydrogens is 491 g/mol. The first-order chi connectivity index (χ1) is 13.9. The van der Waals surface area contributed by atoms with E-state index in [0.717, 1.165) is 57.3 Å². The molecule has 0 aliphatic carbocycles. The molecule has 6 nitrogen and oxygen atoms in total. The van der Waals surface area contributed by atoms with Crippen LogP contribution in [0.25, 0.3) is 0 Å². The number of guanidine groups is 1. The van der Waals surface area contributed by atoms with Crippen molar-refractivity contribution in [3.8, 4) is 5.75 Å². The normalized spacial score (nSPS) is 16.1. The fourth-order valence-corrected chi connectivity index (χ4v) is 3.56. The van der Waals surface area contributed by atoms with Crippen molar-refractivity contribution in [2.45, 2.75) is 52.0 Å². The Morgan fingerprint density at radius 1 is 1.17 bits per heavy atom. The second kappa shape index (κ2) is 14.1. The van der Waals surface area contributed by atoms with Crippen LogP contribution in [0.5, 0.6) is 5.75 Å². The smallest absolute Gasteiger partial charge is 0.191 e. The lowest BCUT2D eigenvalue weighted by Gasteiger charge is -2.32. The highest BCUT2D eigenvalue weighted by Gasteiger charge is 2.20. The monoisotopic (exact) mass is 532 g/mol. The van der Waals surface area contributed by atoms with E-state index < -0.39 is 0 Å². The largest absolute Gasteiger partial charge is 0.491 e. The minimum absolute atomic E-state index is 0. The molecule has 2 N–H and O–H groups in total. The first-order valence-electron chi connectivity index (χ1n) is 10.9. The topological polar surface area (TPSA) is 58.1 Å². The number of piperidine rings is 1. The molecule has 1 aliphatic rings. The highest BCUT2D eigenvalue weighted by atomic mass is 127. The summed E-state index contributed by atoms with van der Waals surface area (Å²) in [6, 6.07) is 8.75. The number of hydrogen-bond donors (Lipinski definition) is 2. The molecule has 0 spiro atoms. The van der Waals surface area contributed by atoms with Gasteiger partial charge in [0, 0.05) is 39.3 Å². The molecule has 0 aromatic heterocycles. The van der Waals surface area contributed by atoms with Crippen LogP contribution >= 0.6 is 24.0 Å². The molecule has 1 aliphatic heterocycles.